The molecule has 6 N–H and O–H groups in total. The maximum Gasteiger partial charge on any atom is 0.259 e. The number of aliphatic hydroxyl groups excluding tert-OH is 3. The third kappa shape index (κ3) is 2.88. The largest absolute Gasteiger partial charge is 0.508 e. The van der Waals surface area contributed by atoms with Crippen LogP contribution in [-0.2, 0) is 4.74 Å². The van der Waals surface area contributed by atoms with E-state index in [9.17, 15) is 30.0 Å². The molecule has 1 fully saturated rings. The average molecular weight is 546 g/mol. The molecule has 0 bridgehead atoms. The van der Waals surface area contributed by atoms with E-state index in [4.69, 9.17) is 14.2 Å². The SMILES string of the molecule is CC1OC(n2c3ccc(O)cc3c3c4c(c5c6cc7c(cc6[nH]c5c32)OCCO7)C(=O)NC4=O)C(O)C(O)C1O. The van der Waals surface area contributed by atoms with E-state index in [1.54, 1.807) is 29.7 Å². The number of H-pyrrole nitrogens is 1. The maximum absolute atomic E-state index is 13.3. The van der Waals surface area contributed by atoms with Crippen molar-refractivity contribution < 1.29 is 44.2 Å². The van der Waals surface area contributed by atoms with Crippen LogP contribution in [0.5, 0.6) is 17.2 Å². The second-order valence-electron chi connectivity index (χ2n) is 10.4. The molecule has 3 aromatic carbocycles. The van der Waals surface area contributed by atoms with Gasteiger partial charge in [0.2, 0.25) is 0 Å². The van der Waals surface area contributed by atoms with Crippen LogP contribution in [0, 0.1) is 0 Å². The fourth-order valence-corrected chi connectivity index (χ4v) is 6.41. The lowest BCUT2D eigenvalue weighted by atomic mass is 9.96. The van der Waals surface area contributed by atoms with Crippen molar-refractivity contribution in [3.8, 4) is 17.2 Å². The van der Waals surface area contributed by atoms with Gasteiger partial charge in [0.05, 0.1) is 39.3 Å². The minimum atomic E-state index is -1.55. The smallest absolute Gasteiger partial charge is 0.259 e. The van der Waals surface area contributed by atoms with Gasteiger partial charge in [0.15, 0.2) is 17.7 Å². The number of carbonyl (C=O) groups is 2. The molecular weight excluding hydrogens is 522 g/mol. The molecule has 204 valence electrons. The monoisotopic (exact) mass is 545 g/mol. The number of imide groups is 1. The van der Waals surface area contributed by atoms with Gasteiger partial charge in [-0.15, -0.1) is 0 Å². The third-order valence-corrected chi connectivity index (χ3v) is 8.20. The summed E-state index contributed by atoms with van der Waals surface area (Å²) >= 11 is 0. The Kier molecular flexibility index (Phi) is 4.62. The lowest BCUT2D eigenvalue weighted by molar-refractivity contribution is -0.238. The minimum Gasteiger partial charge on any atom is -0.508 e. The highest BCUT2D eigenvalue weighted by Gasteiger charge is 2.45. The molecule has 0 spiro atoms. The number of benzene rings is 3. The zero-order valence-electron chi connectivity index (χ0n) is 21.0. The number of hydrogen-bond acceptors (Lipinski definition) is 9. The van der Waals surface area contributed by atoms with Crippen molar-refractivity contribution in [3.63, 3.8) is 0 Å². The number of ether oxygens (including phenoxy) is 3. The number of hydrogen-bond donors (Lipinski definition) is 6. The van der Waals surface area contributed by atoms with E-state index >= 15 is 0 Å². The summed E-state index contributed by atoms with van der Waals surface area (Å²) in [5.74, 6) is -0.209. The number of rotatable bonds is 1. The molecule has 2 amide bonds. The molecule has 5 aromatic rings. The Bertz CT molecular complexity index is 1960. The van der Waals surface area contributed by atoms with E-state index in [2.05, 4.69) is 10.3 Å². The number of aromatic hydroxyl groups is 1. The van der Waals surface area contributed by atoms with Crippen LogP contribution in [-0.4, -0.2) is 79.4 Å². The molecule has 3 aliphatic rings. The van der Waals surface area contributed by atoms with Crippen LogP contribution in [0.15, 0.2) is 30.3 Å². The maximum atomic E-state index is 13.3. The van der Waals surface area contributed by atoms with Gasteiger partial charge in [0, 0.05) is 27.6 Å². The molecule has 3 aliphatic heterocycles. The normalized spacial score (nSPS) is 26.2. The van der Waals surface area contributed by atoms with Gasteiger partial charge in [-0.05, 0) is 31.2 Å². The first-order valence-electron chi connectivity index (χ1n) is 12.9. The van der Waals surface area contributed by atoms with Crippen molar-refractivity contribution in [2.24, 2.45) is 0 Å². The van der Waals surface area contributed by atoms with Gasteiger partial charge in [-0.1, -0.05) is 0 Å². The van der Waals surface area contributed by atoms with Crippen LogP contribution in [0.2, 0.25) is 0 Å². The van der Waals surface area contributed by atoms with Gasteiger partial charge in [-0.3, -0.25) is 14.9 Å². The van der Waals surface area contributed by atoms with Gasteiger partial charge in [0.25, 0.3) is 11.8 Å². The first kappa shape index (κ1) is 23.5. The van der Waals surface area contributed by atoms with E-state index < -0.39 is 42.5 Å². The summed E-state index contributed by atoms with van der Waals surface area (Å²) in [7, 11) is 0. The first-order valence-corrected chi connectivity index (χ1v) is 12.9. The molecule has 40 heavy (non-hydrogen) atoms. The Balaban J connectivity index is 1.59. The van der Waals surface area contributed by atoms with Crippen molar-refractivity contribution in [2.75, 3.05) is 13.2 Å². The van der Waals surface area contributed by atoms with Crippen molar-refractivity contribution in [3.05, 3.63) is 41.5 Å². The number of nitrogens with zero attached hydrogens (tertiary/aromatic N) is 1. The second kappa shape index (κ2) is 7.86. The number of fused-ring (bicyclic) bond motifs is 11. The highest BCUT2D eigenvalue weighted by molar-refractivity contribution is 6.39. The number of amides is 2. The Morgan fingerprint density at radius 1 is 0.875 bits per heavy atom. The summed E-state index contributed by atoms with van der Waals surface area (Å²) < 4.78 is 19.2. The third-order valence-electron chi connectivity index (χ3n) is 8.20. The van der Waals surface area contributed by atoms with Gasteiger partial charge in [-0.2, -0.15) is 0 Å². The number of phenolic OH excluding ortho intramolecular Hbond substituents is 1. The number of aromatic nitrogens is 2. The molecule has 5 unspecified atom stereocenters. The molecule has 0 radical (unpaired) electrons. The van der Waals surface area contributed by atoms with Gasteiger partial charge < -0.3 is 44.2 Å². The highest BCUT2D eigenvalue weighted by atomic mass is 16.6. The molecule has 12 heteroatoms. The Hall–Kier alpha value is -4.36. The number of nitrogens with one attached hydrogen (secondary N) is 2. The number of carbonyl (C=O) groups excluding carboxylic acids is 2. The fraction of sp³-hybridized carbons (Fsp3) is 0.286. The van der Waals surface area contributed by atoms with Gasteiger partial charge >= 0.3 is 0 Å². The molecule has 1 saturated heterocycles. The molecule has 2 aromatic heterocycles. The molecule has 8 rings (SSSR count). The average Bonchev–Trinajstić information content (AvgIpc) is 3.56. The minimum absolute atomic E-state index is 0.0716. The summed E-state index contributed by atoms with van der Waals surface area (Å²) in [6.45, 7) is 2.33. The number of aromatic amines is 1. The molecule has 0 aliphatic carbocycles. The quantitative estimate of drug-likeness (QED) is 0.172. The lowest BCUT2D eigenvalue weighted by Crippen LogP contribution is -2.54. The number of aliphatic hydroxyl groups is 3. The van der Waals surface area contributed by atoms with Crippen molar-refractivity contribution >= 4 is 55.4 Å². The zero-order valence-corrected chi connectivity index (χ0v) is 21.0. The molecule has 0 saturated carbocycles. The molecule has 12 nitrogen and oxygen atoms in total. The zero-order chi connectivity index (χ0) is 27.6. The topological polar surface area (TPSA) is 175 Å². The predicted molar refractivity (Wildman–Crippen MR) is 141 cm³/mol. The van der Waals surface area contributed by atoms with Crippen LogP contribution in [0.3, 0.4) is 0 Å². The van der Waals surface area contributed by atoms with Gasteiger partial charge in [0.1, 0.15) is 37.3 Å². The van der Waals surface area contributed by atoms with Crippen LogP contribution in [0.1, 0.15) is 33.9 Å². The van der Waals surface area contributed by atoms with E-state index in [1.165, 1.54) is 12.1 Å². The van der Waals surface area contributed by atoms with Crippen molar-refractivity contribution in [1.29, 1.82) is 0 Å². The van der Waals surface area contributed by atoms with Crippen LogP contribution in [0.25, 0.3) is 43.6 Å². The van der Waals surface area contributed by atoms with Crippen molar-refractivity contribution in [1.82, 2.24) is 14.9 Å². The van der Waals surface area contributed by atoms with Crippen LogP contribution in [0.4, 0.5) is 0 Å². The Labute approximate surface area is 224 Å². The van der Waals surface area contributed by atoms with E-state index in [0.717, 1.165) is 0 Å². The number of phenols is 1. The lowest BCUT2D eigenvalue weighted by Gasteiger charge is -2.40. The summed E-state index contributed by atoms with van der Waals surface area (Å²) in [6.07, 6.45) is -6.42. The fourth-order valence-electron chi connectivity index (χ4n) is 6.41. The Morgan fingerprint density at radius 3 is 2.33 bits per heavy atom. The first-order chi connectivity index (χ1) is 19.2. The van der Waals surface area contributed by atoms with Crippen LogP contribution < -0.4 is 14.8 Å². The van der Waals surface area contributed by atoms with E-state index in [0.29, 0.717) is 68.3 Å². The standard InChI is InChI=1S/C28H23N3O9/c1-9-23(33)24(34)25(35)28(40-9)31-14-3-2-10(32)6-12(14)18-20-19(26(36)30-27(20)37)17-11-7-15-16(39-5-4-38-15)8-13(11)29-21(17)22(18)31/h2-3,6-9,23-25,28-29,32-35H,4-5H2,1H3,(H,30,36,37). The van der Waals surface area contributed by atoms with Gasteiger partial charge in [-0.25, -0.2) is 0 Å². The van der Waals surface area contributed by atoms with Crippen molar-refractivity contribution in [2.45, 2.75) is 37.6 Å². The highest BCUT2D eigenvalue weighted by Crippen LogP contribution is 2.48. The summed E-state index contributed by atoms with van der Waals surface area (Å²) in [4.78, 5) is 30.0. The Morgan fingerprint density at radius 2 is 1.57 bits per heavy atom. The predicted octanol–water partition coefficient (Wildman–Crippen LogP) is 1.79. The van der Waals surface area contributed by atoms with E-state index in [-0.39, 0.29) is 16.9 Å². The van der Waals surface area contributed by atoms with Crippen LogP contribution >= 0.6 is 0 Å². The summed E-state index contributed by atoms with van der Waals surface area (Å²) in [5, 5.41) is 46.9. The summed E-state index contributed by atoms with van der Waals surface area (Å²) in [5.41, 5.74) is 2.27. The summed E-state index contributed by atoms with van der Waals surface area (Å²) in [6, 6.07) is 8.07. The molecule has 5 atom stereocenters. The second-order valence-corrected chi connectivity index (χ2v) is 10.4. The molecule has 5 heterocycles. The van der Waals surface area contributed by atoms with E-state index in [1.807, 2.05) is 0 Å². The molecular formula is C28H23N3O9.